The molecule has 4 N–H and O–H groups in total. The number of hydrogen-bond acceptors (Lipinski definition) is 3. The predicted octanol–water partition coefficient (Wildman–Crippen LogP) is 2.03. The summed E-state index contributed by atoms with van der Waals surface area (Å²) < 4.78 is 0. The van der Waals surface area contributed by atoms with Gasteiger partial charge in [-0.25, -0.2) is 0 Å². The Morgan fingerprint density at radius 1 is 1.00 bits per heavy atom. The standard InChI is InChI=1S/C14H13N3O2/c15-13(17-19)10-6-8-11(9-7-10)14(18)16-12-4-2-1-3-5-12/h1-9,19H,(H2,15,17)(H,16,18). The van der Waals surface area contributed by atoms with Crippen LogP contribution in [0.25, 0.3) is 0 Å². The molecule has 5 heteroatoms. The van der Waals surface area contributed by atoms with Crippen LogP contribution in [0.4, 0.5) is 5.69 Å². The Bertz CT molecular complexity index is 592. The molecule has 0 spiro atoms. The molecule has 0 aliphatic rings. The molecule has 0 aromatic heterocycles. The van der Waals surface area contributed by atoms with Crippen LogP contribution in [0, 0.1) is 0 Å². The van der Waals surface area contributed by atoms with Gasteiger partial charge in [-0.2, -0.15) is 0 Å². The van der Waals surface area contributed by atoms with Crippen LogP contribution in [0.2, 0.25) is 0 Å². The second-order valence-electron chi connectivity index (χ2n) is 3.88. The van der Waals surface area contributed by atoms with Crippen molar-refractivity contribution in [3.8, 4) is 0 Å². The zero-order valence-electron chi connectivity index (χ0n) is 10.1. The van der Waals surface area contributed by atoms with E-state index in [0.29, 0.717) is 11.1 Å². The Hall–Kier alpha value is -2.82. The Balaban J connectivity index is 2.12. The molecular weight excluding hydrogens is 242 g/mol. The molecule has 19 heavy (non-hydrogen) atoms. The maximum absolute atomic E-state index is 11.9. The van der Waals surface area contributed by atoms with Crippen LogP contribution < -0.4 is 11.1 Å². The third-order valence-corrected chi connectivity index (χ3v) is 2.58. The zero-order valence-corrected chi connectivity index (χ0v) is 10.1. The molecule has 0 saturated heterocycles. The number of amidine groups is 1. The van der Waals surface area contributed by atoms with Crippen molar-refractivity contribution in [1.82, 2.24) is 0 Å². The quantitative estimate of drug-likeness (QED) is 0.339. The second kappa shape index (κ2) is 5.68. The molecule has 0 aliphatic heterocycles. The van der Waals surface area contributed by atoms with Gasteiger partial charge in [0.05, 0.1) is 0 Å². The molecule has 2 aromatic carbocycles. The topological polar surface area (TPSA) is 87.7 Å². The number of benzene rings is 2. The summed E-state index contributed by atoms with van der Waals surface area (Å²) in [6, 6.07) is 15.7. The summed E-state index contributed by atoms with van der Waals surface area (Å²) in [7, 11) is 0. The number of carbonyl (C=O) groups excluding carboxylic acids is 1. The van der Waals surface area contributed by atoms with Crippen molar-refractivity contribution >= 4 is 17.4 Å². The molecule has 0 atom stereocenters. The first-order chi connectivity index (χ1) is 9.20. The minimum atomic E-state index is -0.211. The molecule has 0 aliphatic carbocycles. The fourth-order valence-electron chi connectivity index (χ4n) is 1.57. The van der Waals surface area contributed by atoms with E-state index in [2.05, 4.69) is 10.5 Å². The van der Waals surface area contributed by atoms with E-state index in [0.717, 1.165) is 5.69 Å². The first-order valence-corrected chi connectivity index (χ1v) is 5.65. The minimum Gasteiger partial charge on any atom is -0.409 e. The third-order valence-electron chi connectivity index (χ3n) is 2.58. The largest absolute Gasteiger partial charge is 0.409 e. The van der Waals surface area contributed by atoms with Crippen LogP contribution in [0.3, 0.4) is 0 Å². The fraction of sp³-hybridized carbons (Fsp3) is 0. The average molecular weight is 255 g/mol. The highest BCUT2D eigenvalue weighted by Crippen LogP contribution is 2.09. The van der Waals surface area contributed by atoms with Gasteiger partial charge in [-0.15, -0.1) is 0 Å². The zero-order chi connectivity index (χ0) is 13.7. The van der Waals surface area contributed by atoms with Crippen LogP contribution >= 0.6 is 0 Å². The lowest BCUT2D eigenvalue weighted by atomic mass is 10.1. The molecule has 0 fully saturated rings. The second-order valence-corrected chi connectivity index (χ2v) is 3.88. The Kier molecular flexibility index (Phi) is 3.78. The van der Waals surface area contributed by atoms with Crippen LogP contribution in [0.15, 0.2) is 59.8 Å². The van der Waals surface area contributed by atoms with E-state index >= 15 is 0 Å². The summed E-state index contributed by atoms with van der Waals surface area (Å²) in [5, 5.41) is 14.2. The lowest BCUT2D eigenvalue weighted by Crippen LogP contribution is -2.15. The maximum atomic E-state index is 11.9. The number of nitrogens with two attached hydrogens (primary N) is 1. The lowest BCUT2D eigenvalue weighted by molar-refractivity contribution is 0.102. The van der Waals surface area contributed by atoms with Crippen LogP contribution in [-0.4, -0.2) is 17.0 Å². The van der Waals surface area contributed by atoms with E-state index in [9.17, 15) is 4.79 Å². The van der Waals surface area contributed by atoms with E-state index in [-0.39, 0.29) is 11.7 Å². The van der Waals surface area contributed by atoms with Crippen LogP contribution in [0.5, 0.6) is 0 Å². The minimum absolute atomic E-state index is 0.00928. The van der Waals surface area contributed by atoms with Gasteiger partial charge in [0.25, 0.3) is 5.91 Å². The van der Waals surface area contributed by atoms with E-state index < -0.39 is 0 Å². The fourth-order valence-corrected chi connectivity index (χ4v) is 1.57. The predicted molar refractivity (Wildman–Crippen MR) is 73.3 cm³/mol. The molecular formula is C14H13N3O2. The first kappa shape index (κ1) is 12.6. The number of carbonyl (C=O) groups is 1. The summed E-state index contributed by atoms with van der Waals surface area (Å²) >= 11 is 0. The van der Waals surface area contributed by atoms with E-state index in [1.807, 2.05) is 30.3 Å². The monoisotopic (exact) mass is 255 g/mol. The van der Waals surface area contributed by atoms with Crippen molar-refractivity contribution in [2.75, 3.05) is 5.32 Å². The molecule has 0 bridgehead atoms. The van der Waals surface area contributed by atoms with Gasteiger partial charge in [-0.05, 0) is 24.3 Å². The smallest absolute Gasteiger partial charge is 0.255 e. The summed E-state index contributed by atoms with van der Waals surface area (Å²) in [5.74, 6) is -0.202. The van der Waals surface area contributed by atoms with Crippen LogP contribution in [-0.2, 0) is 0 Å². The summed E-state index contributed by atoms with van der Waals surface area (Å²) in [4.78, 5) is 11.9. The molecule has 96 valence electrons. The molecule has 0 saturated carbocycles. The van der Waals surface area contributed by atoms with Crippen LogP contribution in [0.1, 0.15) is 15.9 Å². The van der Waals surface area contributed by atoms with Crippen molar-refractivity contribution in [2.45, 2.75) is 0 Å². The van der Waals surface area contributed by atoms with Gasteiger partial charge >= 0.3 is 0 Å². The van der Waals surface area contributed by atoms with Crippen molar-refractivity contribution in [3.05, 3.63) is 65.7 Å². The summed E-state index contributed by atoms with van der Waals surface area (Å²) in [6.07, 6.45) is 0. The number of amides is 1. The highest BCUT2D eigenvalue weighted by Gasteiger charge is 2.06. The van der Waals surface area contributed by atoms with Gasteiger partial charge in [0.1, 0.15) is 0 Å². The molecule has 0 unspecified atom stereocenters. The number of oxime groups is 1. The Morgan fingerprint density at radius 2 is 1.58 bits per heavy atom. The van der Waals surface area contributed by atoms with Crippen molar-refractivity contribution in [3.63, 3.8) is 0 Å². The lowest BCUT2D eigenvalue weighted by Gasteiger charge is -2.05. The van der Waals surface area contributed by atoms with Gasteiger partial charge in [-0.1, -0.05) is 35.5 Å². The molecule has 0 heterocycles. The molecule has 0 radical (unpaired) electrons. The third kappa shape index (κ3) is 3.10. The Morgan fingerprint density at radius 3 is 2.16 bits per heavy atom. The van der Waals surface area contributed by atoms with Crippen molar-refractivity contribution in [2.24, 2.45) is 10.9 Å². The number of para-hydroxylation sites is 1. The number of anilines is 1. The van der Waals surface area contributed by atoms with Gasteiger partial charge in [0, 0.05) is 16.8 Å². The average Bonchev–Trinajstić information content (AvgIpc) is 2.47. The van der Waals surface area contributed by atoms with Gasteiger partial charge in [-0.3, -0.25) is 4.79 Å². The maximum Gasteiger partial charge on any atom is 0.255 e. The van der Waals surface area contributed by atoms with Gasteiger partial charge in [0.2, 0.25) is 0 Å². The number of hydrogen-bond donors (Lipinski definition) is 3. The molecule has 1 amide bonds. The van der Waals surface area contributed by atoms with E-state index in [1.54, 1.807) is 24.3 Å². The Labute approximate surface area is 110 Å². The summed E-state index contributed by atoms with van der Waals surface area (Å²) in [6.45, 7) is 0. The first-order valence-electron chi connectivity index (χ1n) is 5.65. The number of rotatable bonds is 3. The number of nitrogens with one attached hydrogen (secondary N) is 1. The van der Waals surface area contributed by atoms with Crippen molar-refractivity contribution in [1.29, 1.82) is 0 Å². The van der Waals surface area contributed by atoms with Gasteiger partial charge in [0.15, 0.2) is 5.84 Å². The number of nitrogens with zero attached hydrogens (tertiary/aromatic N) is 1. The highest BCUT2D eigenvalue weighted by atomic mass is 16.4. The van der Waals surface area contributed by atoms with E-state index in [4.69, 9.17) is 10.9 Å². The van der Waals surface area contributed by atoms with Crippen molar-refractivity contribution < 1.29 is 10.0 Å². The normalized spacial score (nSPS) is 11.1. The van der Waals surface area contributed by atoms with Gasteiger partial charge < -0.3 is 16.3 Å². The highest BCUT2D eigenvalue weighted by molar-refractivity contribution is 6.05. The molecule has 2 rings (SSSR count). The summed E-state index contributed by atoms with van der Waals surface area (Å²) in [5.41, 5.74) is 7.23. The SMILES string of the molecule is N/C(=N\O)c1ccc(C(=O)Nc2ccccc2)cc1. The molecule has 2 aromatic rings. The molecule has 5 nitrogen and oxygen atoms in total. The van der Waals surface area contributed by atoms with E-state index in [1.165, 1.54) is 0 Å².